The van der Waals surface area contributed by atoms with Crippen LogP contribution in [-0.2, 0) is 9.59 Å². The zero-order valence-electron chi connectivity index (χ0n) is 19.7. The second kappa shape index (κ2) is 10.7. The van der Waals surface area contributed by atoms with Crippen molar-refractivity contribution in [2.24, 2.45) is 5.92 Å². The number of carbonyl (C=O) groups excluding carboxylic acids is 2. The van der Waals surface area contributed by atoms with Crippen molar-refractivity contribution in [1.29, 1.82) is 0 Å². The number of para-hydroxylation sites is 1. The van der Waals surface area contributed by atoms with Crippen molar-refractivity contribution in [3.05, 3.63) is 59.7 Å². The molecule has 2 aromatic carbocycles. The average Bonchev–Trinajstić information content (AvgIpc) is 2.85. The van der Waals surface area contributed by atoms with Crippen LogP contribution in [0.3, 0.4) is 0 Å². The van der Waals surface area contributed by atoms with Gasteiger partial charge in [0, 0.05) is 44.9 Å². The Bertz CT molecular complexity index is 946. The zero-order chi connectivity index (χ0) is 23.2. The first-order valence-electron chi connectivity index (χ1n) is 12.0. The highest BCUT2D eigenvalue weighted by Crippen LogP contribution is 2.26. The number of benzene rings is 2. The Kier molecular flexibility index (Phi) is 7.53. The maximum absolute atomic E-state index is 13.1. The van der Waals surface area contributed by atoms with Gasteiger partial charge in [0.2, 0.25) is 5.91 Å². The summed E-state index contributed by atoms with van der Waals surface area (Å²) in [6.07, 6.45) is 3.29. The Balaban J connectivity index is 1.19. The first kappa shape index (κ1) is 23.1. The quantitative estimate of drug-likeness (QED) is 0.668. The number of aryl methyl sites for hydroxylation is 2. The van der Waals surface area contributed by atoms with E-state index in [2.05, 4.69) is 32.0 Å². The monoisotopic (exact) mass is 450 g/mol. The van der Waals surface area contributed by atoms with Crippen LogP contribution in [0.25, 0.3) is 0 Å². The van der Waals surface area contributed by atoms with E-state index in [1.807, 2.05) is 40.1 Å². The molecule has 6 nitrogen and oxygen atoms in total. The molecule has 0 atom stereocenters. The molecule has 4 rings (SSSR count). The topological polar surface area (TPSA) is 59.1 Å². The molecule has 0 unspecified atom stereocenters. The second-order valence-corrected chi connectivity index (χ2v) is 9.17. The highest BCUT2D eigenvalue weighted by molar-refractivity contribution is 5.80. The maximum atomic E-state index is 13.1. The first-order valence-corrected chi connectivity index (χ1v) is 12.0. The number of likely N-dealkylation sites (tertiary alicyclic amines) is 2. The molecule has 2 aliphatic heterocycles. The number of rotatable bonds is 6. The first-order chi connectivity index (χ1) is 16.0. The van der Waals surface area contributed by atoms with E-state index >= 15 is 0 Å². The summed E-state index contributed by atoms with van der Waals surface area (Å²) in [5.41, 5.74) is 2.34. The zero-order valence-corrected chi connectivity index (χ0v) is 19.7. The molecule has 0 radical (unpaired) electrons. The van der Waals surface area contributed by atoms with Crippen LogP contribution >= 0.6 is 0 Å². The molecule has 2 heterocycles. The van der Waals surface area contributed by atoms with Crippen LogP contribution in [0.15, 0.2) is 48.5 Å². The molecule has 2 aliphatic rings. The Morgan fingerprint density at radius 1 is 0.879 bits per heavy atom. The van der Waals surface area contributed by atoms with E-state index in [1.54, 1.807) is 0 Å². The third kappa shape index (κ3) is 6.06. The number of nitrogens with zero attached hydrogens (tertiary/aromatic N) is 2. The molecule has 2 fully saturated rings. The van der Waals surface area contributed by atoms with Gasteiger partial charge in [0.25, 0.3) is 5.91 Å². The summed E-state index contributed by atoms with van der Waals surface area (Å²) >= 11 is 0. The van der Waals surface area contributed by atoms with Crippen molar-refractivity contribution >= 4 is 11.8 Å². The van der Waals surface area contributed by atoms with Gasteiger partial charge in [0.05, 0.1) is 0 Å². The second-order valence-electron chi connectivity index (χ2n) is 9.17. The number of carbonyl (C=O) groups is 2. The van der Waals surface area contributed by atoms with E-state index in [9.17, 15) is 9.59 Å². The summed E-state index contributed by atoms with van der Waals surface area (Å²) in [4.78, 5) is 29.3. The van der Waals surface area contributed by atoms with Gasteiger partial charge in [-0.2, -0.15) is 0 Å². The van der Waals surface area contributed by atoms with Gasteiger partial charge in [0.1, 0.15) is 17.6 Å². The molecule has 176 valence electrons. The standard InChI is InChI=1S/C27H34N2O4/c1-20-8-9-21(2)25(18-20)33-24-12-16-29(17-13-24)27(31)22-10-14-28(15-11-22)26(30)19-32-23-6-4-3-5-7-23/h3-9,18,22,24H,10-17,19H2,1-2H3. The highest BCUT2D eigenvalue weighted by Gasteiger charge is 2.32. The fraction of sp³-hybridized carbons (Fsp3) is 0.481. The van der Waals surface area contributed by atoms with Gasteiger partial charge >= 0.3 is 0 Å². The van der Waals surface area contributed by atoms with Crippen LogP contribution in [0.2, 0.25) is 0 Å². The fourth-order valence-corrected chi connectivity index (χ4v) is 4.59. The minimum Gasteiger partial charge on any atom is -0.490 e. The highest BCUT2D eigenvalue weighted by atomic mass is 16.5. The van der Waals surface area contributed by atoms with Crippen LogP contribution in [0.1, 0.15) is 36.8 Å². The fourth-order valence-electron chi connectivity index (χ4n) is 4.59. The van der Waals surface area contributed by atoms with Gasteiger partial charge in [0.15, 0.2) is 6.61 Å². The number of amides is 2. The summed E-state index contributed by atoms with van der Waals surface area (Å²) in [5.74, 6) is 1.86. The number of hydrogen-bond donors (Lipinski definition) is 0. The number of piperidine rings is 2. The maximum Gasteiger partial charge on any atom is 0.260 e. The normalized spacial score (nSPS) is 17.6. The predicted molar refractivity (Wildman–Crippen MR) is 127 cm³/mol. The van der Waals surface area contributed by atoms with Gasteiger partial charge in [-0.1, -0.05) is 30.3 Å². The average molecular weight is 451 g/mol. The summed E-state index contributed by atoms with van der Waals surface area (Å²) in [7, 11) is 0. The molecule has 33 heavy (non-hydrogen) atoms. The smallest absolute Gasteiger partial charge is 0.260 e. The Hall–Kier alpha value is -3.02. The van der Waals surface area contributed by atoms with Crippen LogP contribution in [0.5, 0.6) is 11.5 Å². The summed E-state index contributed by atoms with van der Waals surface area (Å²) < 4.78 is 11.8. The van der Waals surface area contributed by atoms with Gasteiger partial charge in [-0.3, -0.25) is 9.59 Å². The number of ether oxygens (including phenoxy) is 2. The predicted octanol–water partition coefficient (Wildman–Crippen LogP) is 3.99. The summed E-state index contributed by atoms with van der Waals surface area (Å²) in [5, 5.41) is 0. The van der Waals surface area contributed by atoms with Crippen LogP contribution in [-0.4, -0.2) is 60.5 Å². The molecule has 0 N–H and O–H groups in total. The van der Waals surface area contributed by atoms with Crippen molar-refractivity contribution in [1.82, 2.24) is 9.80 Å². The van der Waals surface area contributed by atoms with E-state index in [4.69, 9.17) is 9.47 Å². The van der Waals surface area contributed by atoms with Crippen LogP contribution < -0.4 is 9.47 Å². The molecular formula is C27H34N2O4. The molecule has 2 saturated heterocycles. The molecule has 0 bridgehead atoms. The van der Waals surface area contributed by atoms with E-state index in [0.29, 0.717) is 18.8 Å². The Morgan fingerprint density at radius 3 is 2.24 bits per heavy atom. The molecule has 6 heteroatoms. The van der Waals surface area contributed by atoms with Crippen molar-refractivity contribution in [3.63, 3.8) is 0 Å². The molecular weight excluding hydrogens is 416 g/mol. The molecule has 0 aliphatic carbocycles. The molecule has 0 spiro atoms. The van der Waals surface area contributed by atoms with Gasteiger partial charge in [-0.15, -0.1) is 0 Å². The van der Waals surface area contributed by atoms with Gasteiger partial charge in [-0.05, 0) is 56.0 Å². The van der Waals surface area contributed by atoms with Crippen molar-refractivity contribution in [3.8, 4) is 11.5 Å². The van der Waals surface area contributed by atoms with E-state index in [-0.39, 0.29) is 30.4 Å². The lowest BCUT2D eigenvalue weighted by molar-refractivity contribution is -0.142. The van der Waals surface area contributed by atoms with E-state index in [1.165, 1.54) is 5.56 Å². The van der Waals surface area contributed by atoms with Crippen molar-refractivity contribution in [2.45, 2.75) is 45.6 Å². The van der Waals surface area contributed by atoms with Crippen molar-refractivity contribution in [2.75, 3.05) is 32.8 Å². The largest absolute Gasteiger partial charge is 0.490 e. The van der Waals surface area contributed by atoms with Crippen molar-refractivity contribution < 1.29 is 19.1 Å². The van der Waals surface area contributed by atoms with Gasteiger partial charge < -0.3 is 19.3 Å². The third-order valence-corrected chi connectivity index (χ3v) is 6.69. The lowest BCUT2D eigenvalue weighted by atomic mass is 9.94. The molecule has 2 amide bonds. The Labute approximate surface area is 196 Å². The minimum absolute atomic E-state index is 0.000535. The lowest BCUT2D eigenvalue weighted by Crippen LogP contribution is -2.48. The lowest BCUT2D eigenvalue weighted by Gasteiger charge is -2.37. The Morgan fingerprint density at radius 2 is 1.55 bits per heavy atom. The molecule has 0 saturated carbocycles. The van der Waals surface area contributed by atoms with E-state index in [0.717, 1.165) is 50.1 Å². The van der Waals surface area contributed by atoms with Crippen LogP contribution in [0.4, 0.5) is 0 Å². The van der Waals surface area contributed by atoms with Crippen LogP contribution in [0, 0.1) is 19.8 Å². The number of hydrogen-bond acceptors (Lipinski definition) is 4. The SMILES string of the molecule is Cc1ccc(C)c(OC2CCN(C(=O)C3CCN(C(=O)COc4ccccc4)CC3)CC2)c1. The summed E-state index contributed by atoms with van der Waals surface area (Å²) in [6, 6.07) is 15.6. The summed E-state index contributed by atoms with van der Waals surface area (Å²) in [6.45, 7) is 6.87. The molecule has 0 aromatic heterocycles. The molecule has 2 aromatic rings. The van der Waals surface area contributed by atoms with E-state index < -0.39 is 0 Å². The van der Waals surface area contributed by atoms with Gasteiger partial charge in [-0.25, -0.2) is 0 Å². The minimum atomic E-state index is -0.0193. The third-order valence-electron chi connectivity index (χ3n) is 6.69.